The summed E-state index contributed by atoms with van der Waals surface area (Å²) < 4.78 is 10.8. The highest BCUT2D eigenvalue weighted by molar-refractivity contribution is 5.55. The van der Waals surface area contributed by atoms with Crippen molar-refractivity contribution < 1.29 is 14.4 Å². The van der Waals surface area contributed by atoms with Crippen molar-refractivity contribution >= 4 is 11.4 Å². The van der Waals surface area contributed by atoms with E-state index in [-0.39, 0.29) is 18.4 Å². The van der Waals surface area contributed by atoms with E-state index in [1.807, 2.05) is 13.8 Å². The van der Waals surface area contributed by atoms with Crippen LogP contribution in [0.4, 0.5) is 11.4 Å². The highest BCUT2D eigenvalue weighted by Gasteiger charge is 2.11. The number of non-ortho nitro benzene ring substituents is 1. The van der Waals surface area contributed by atoms with Crippen LogP contribution in [0.15, 0.2) is 18.2 Å². The van der Waals surface area contributed by atoms with Crippen molar-refractivity contribution in [1.29, 1.82) is 0 Å². The molecule has 1 aromatic rings. The number of nitrogens with zero attached hydrogens (tertiary/aromatic N) is 1. The SMILES string of the molecule is CCOCC(C)OCc1cc([N+](=O)[O-])ccc1NN. The molecule has 0 aliphatic rings. The molecule has 0 saturated heterocycles. The number of nitrogens with one attached hydrogen (secondary N) is 1. The molecule has 106 valence electrons. The molecule has 1 rings (SSSR count). The third kappa shape index (κ3) is 4.82. The van der Waals surface area contributed by atoms with Gasteiger partial charge in [0.1, 0.15) is 0 Å². The summed E-state index contributed by atoms with van der Waals surface area (Å²) in [7, 11) is 0. The predicted molar refractivity (Wildman–Crippen MR) is 71.7 cm³/mol. The first kappa shape index (κ1) is 15.4. The van der Waals surface area contributed by atoms with Gasteiger partial charge in [-0.25, -0.2) is 0 Å². The highest BCUT2D eigenvalue weighted by Crippen LogP contribution is 2.22. The van der Waals surface area contributed by atoms with Crippen molar-refractivity contribution in [2.45, 2.75) is 26.6 Å². The Morgan fingerprint density at radius 2 is 2.26 bits per heavy atom. The van der Waals surface area contributed by atoms with E-state index in [4.69, 9.17) is 15.3 Å². The lowest BCUT2D eigenvalue weighted by Crippen LogP contribution is -2.17. The van der Waals surface area contributed by atoms with Crippen LogP contribution in [0.2, 0.25) is 0 Å². The molecule has 7 nitrogen and oxygen atoms in total. The molecule has 0 heterocycles. The Morgan fingerprint density at radius 3 is 2.84 bits per heavy atom. The fraction of sp³-hybridized carbons (Fsp3) is 0.500. The van der Waals surface area contributed by atoms with Gasteiger partial charge in [0.05, 0.1) is 29.9 Å². The molecule has 0 aromatic heterocycles. The minimum Gasteiger partial charge on any atom is -0.379 e. The van der Waals surface area contributed by atoms with E-state index in [0.717, 1.165) is 0 Å². The second-order valence-electron chi connectivity index (χ2n) is 4.02. The summed E-state index contributed by atoms with van der Waals surface area (Å²) in [5.41, 5.74) is 3.75. The van der Waals surface area contributed by atoms with Gasteiger partial charge in [0, 0.05) is 24.3 Å². The Bertz CT molecular complexity index is 425. The third-order valence-electron chi connectivity index (χ3n) is 2.54. The van der Waals surface area contributed by atoms with Gasteiger partial charge in [0.2, 0.25) is 0 Å². The zero-order chi connectivity index (χ0) is 14.3. The van der Waals surface area contributed by atoms with E-state index < -0.39 is 4.92 Å². The summed E-state index contributed by atoms with van der Waals surface area (Å²) in [6.45, 7) is 5.12. The van der Waals surface area contributed by atoms with E-state index in [2.05, 4.69) is 5.43 Å². The number of rotatable bonds is 8. The van der Waals surface area contributed by atoms with E-state index in [1.54, 1.807) is 6.07 Å². The molecule has 0 radical (unpaired) electrons. The first-order chi connectivity index (χ1) is 9.08. The summed E-state index contributed by atoms with van der Waals surface area (Å²) in [6.07, 6.45) is -0.0927. The predicted octanol–water partition coefficient (Wildman–Crippen LogP) is 1.82. The molecule has 0 aliphatic heterocycles. The largest absolute Gasteiger partial charge is 0.379 e. The average Bonchev–Trinajstić information content (AvgIpc) is 2.42. The van der Waals surface area contributed by atoms with Crippen molar-refractivity contribution in [2.75, 3.05) is 18.6 Å². The van der Waals surface area contributed by atoms with Crippen LogP contribution in [0.5, 0.6) is 0 Å². The number of hydrogen-bond acceptors (Lipinski definition) is 6. The van der Waals surface area contributed by atoms with Gasteiger partial charge in [0.25, 0.3) is 5.69 Å². The Labute approximate surface area is 111 Å². The summed E-state index contributed by atoms with van der Waals surface area (Å²) in [6, 6.07) is 4.40. The Hall–Kier alpha value is -1.70. The minimum absolute atomic E-state index is 0.00932. The van der Waals surface area contributed by atoms with Crippen molar-refractivity contribution in [3.8, 4) is 0 Å². The van der Waals surface area contributed by atoms with Gasteiger partial charge in [-0.2, -0.15) is 0 Å². The molecule has 1 unspecified atom stereocenters. The number of benzene rings is 1. The number of hydrogen-bond donors (Lipinski definition) is 2. The first-order valence-electron chi connectivity index (χ1n) is 6.01. The van der Waals surface area contributed by atoms with Gasteiger partial charge in [-0.05, 0) is 19.9 Å². The quantitative estimate of drug-likeness (QED) is 0.424. The number of nitro groups is 1. The second-order valence-corrected chi connectivity index (χ2v) is 4.02. The fourth-order valence-corrected chi connectivity index (χ4v) is 1.52. The normalized spacial score (nSPS) is 12.2. The van der Waals surface area contributed by atoms with Crippen LogP contribution >= 0.6 is 0 Å². The molecule has 0 amide bonds. The molecule has 0 fully saturated rings. The van der Waals surface area contributed by atoms with Gasteiger partial charge in [-0.15, -0.1) is 0 Å². The van der Waals surface area contributed by atoms with Crippen molar-refractivity contribution in [3.05, 3.63) is 33.9 Å². The fourth-order valence-electron chi connectivity index (χ4n) is 1.52. The third-order valence-corrected chi connectivity index (χ3v) is 2.54. The smallest absolute Gasteiger partial charge is 0.269 e. The first-order valence-corrected chi connectivity index (χ1v) is 6.01. The monoisotopic (exact) mass is 269 g/mol. The lowest BCUT2D eigenvalue weighted by atomic mass is 10.1. The van der Waals surface area contributed by atoms with E-state index in [9.17, 15) is 10.1 Å². The van der Waals surface area contributed by atoms with Gasteiger partial charge in [-0.3, -0.25) is 16.0 Å². The van der Waals surface area contributed by atoms with Gasteiger partial charge < -0.3 is 14.9 Å². The maximum atomic E-state index is 10.7. The molecule has 0 aliphatic carbocycles. The Morgan fingerprint density at radius 1 is 1.53 bits per heavy atom. The molecule has 7 heteroatoms. The summed E-state index contributed by atoms with van der Waals surface area (Å²) in [4.78, 5) is 10.3. The van der Waals surface area contributed by atoms with Crippen LogP contribution in [-0.4, -0.2) is 24.2 Å². The zero-order valence-corrected chi connectivity index (χ0v) is 11.1. The molecule has 0 bridgehead atoms. The maximum absolute atomic E-state index is 10.7. The summed E-state index contributed by atoms with van der Waals surface area (Å²) in [5, 5.41) is 10.7. The molecule has 1 atom stereocenters. The lowest BCUT2D eigenvalue weighted by molar-refractivity contribution is -0.384. The molecule has 0 saturated carbocycles. The van der Waals surface area contributed by atoms with E-state index in [1.165, 1.54) is 12.1 Å². The average molecular weight is 269 g/mol. The van der Waals surface area contributed by atoms with Crippen LogP contribution in [0.1, 0.15) is 19.4 Å². The van der Waals surface area contributed by atoms with Gasteiger partial charge in [-0.1, -0.05) is 0 Å². The second kappa shape index (κ2) is 7.67. The van der Waals surface area contributed by atoms with E-state index >= 15 is 0 Å². The number of hydrazine groups is 1. The summed E-state index contributed by atoms with van der Waals surface area (Å²) >= 11 is 0. The van der Waals surface area contributed by atoms with Crippen LogP contribution in [0, 0.1) is 10.1 Å². The van der Waals surface area contributed by atoms with Crippen LogP contribution in [0.3, 0.4) is 0 Å². The summed E-state index contributed by atoms with van der Waals surface area (Å²) in [5.74, 6) is 5.36. The topological polar surface area (TPSA) is 99.6 Å². The van der Waals surface area contributed by atoms with Crippen molar-refractivity contribution in [2.24, 2.45) is 5.84 Å². The Balaban J connectivity index is 2.69. The Kier molecular flexibility index (Phi) is 6.20. The van der Waals surface area contributed by atoms with Crippen LogP contribution in [0.25, 0.3) is 0 Å². The van der Waals surface area contributed by atoms with E-state index in [0.29, 0.717) is 24.5 Å². The van der Waals surface area contributed by atoms with Crippen LogP contribution in [-0.2, 0) is 16.1 Å². The molecule has 0 spiro atoms. The zero-order valence-electron chi connectivity index (χ0n) is 11.1. The maximum Gasteiger partial charge on any atom is 0.269 e. The number of nitro benzene ring substituents is 1. The highest BCUT2D eigenvalue weighted by atomic mass is 16.6. The van der Waals surface area contributed by atoms with Crippen molar-refractivity contribution in [1.82, 2.24) is 0 Å². The van der Waals surface area contributed by atoms with Crippen molar-refractivity contribution in [3.63, 3.8) is 0 Å². The van der Waals surface area contributed by atoms with Gasteiger partial charge >= 0.3 is 0 Å². The number of ether oxygens (including phenoxy) is 2. The standard InChI is InChI=1S/C12H19N3O4/c1-3-18-7-9(2)19-8-10-6-11(15(16)17)4-5-12(10)14-13/h4-6,9,14H,3,7-8,13H2,1-2H3. The lowest BCUT2D eigenvalue weighted by Gasteiger charge is -2.14. The van der Waals surface area contributed by atoms with Crippen LogP contribution < -0.4 is 11.3 Å². The molecule has 19 heavy (non-hydrogen) atoms. The molecule has 3 N–H and O–H groups in total. The van der Waals surface area contributed by atoms with Gasteiger partial charge in [0.15, 0.2) is 0 Å². The minimum atomic E-state index is -0.451. The molecule has 1 aromatic carbocycles. The molecular formula is C12H19N3O4. The number of anilines is 1. The number of nitrogens with two attached hydrogens (primary N) is 1. The molecular weight excluding hydrogens is 250 g/mol. The number of nitrogen functional groups attached to an aromatic ring is 1.